The second kappa shape index (κ2) is 6.23. The lowest BCUT2D eigenvalue weighted by molar-refractivity contribution is 0.0952. The van der Waals surface area contributed by atoms with Gasteiger partial charge in [-0.2, -0.15) is 5.26 Å². The van der Waals surface area contributed by atoms with Gasteiger partial charge in [0.05, 0.1) is 17.8 Å². The van der Waals surface area contributed by atoms with Gasteiger partial charge < -0.3 is 9.88 Å². The standard InChI is InChI=1S/C16H18N4O/c1-16(2,11-17)14-5-3-13(4-6-14)15(21)19-8-10-20-9-7-18-12-20/h3-7,9,12H,8,10H2,1-2H3,(H,19,21). The number of carbonyl (C=O) groups excluding carboxylic acids is 1. The molecule has 5 heteroatoms. The predicted octanol–water partition coefficient (Wildman–Crippen LogP) is 2.11. The van der Waals surface area contributed by atoms with Gasteiger partial charge in [0.25, 0.3) is 5.91 Å². The Morgan fingerprint density at radius 1 is 1.38 bits per heavy atom. The van der Waals surface area contributed by atoms with Gasteiger partial charge in [0.1, 0.15) is 0 Å². The van der Waals surface area contributed by atoms with Crippen molar-refractivity contribution in [2.24, 2.45) is 0 Å². The van der Waals surface area contributed by atoms with Crippen LogP contribution in [0.15, 0.2) is 43.0 Å². The number of hydrogen-bond donors (Lipinski definition) is 1. The zero-order chi connectivity index (χ0) is 15.3. The van der Waals surface area contributed by atoms with Gasteiger partial charge in [0.2, 0.25) is 0 Å². The molecule has 0 atom stereocenters. The molecule has 0 aliphatic heterocycles. The molecule has 0 radical (unpaired) electrons. The fourth-order valence-electron chi connectivity index (χ4n) is 1.92. The van der Waals surface area contributed by atoms with E-state index in [1.54, 1.807) is 24.7 Å². The van der Waals surface area contributed by atoms with Crippen molar-refractivity contribution in [2.45, 2.75) is 25.8 Å². The third kappa shape index (κ3) is 3.69. The molecule has 1 N–H and O–H groups in total. The minimum Gasteiger partial charge on any atom is -0.350 e. The van der Waals surface area contributed by atoms with Gasteiger partial charge in [-0.15, -0.1) is 0 Å². The van der Waals surface area contributed by atoms with E-state index < -0.39 is 5.41 Å². The Morgan fingerprint density at radius 3 is 2.67 bits per heavy atom. The summed E-state index contributed by atoms with van der Waals surface area (Å²) in [5.74, 6) is -0.114. The van der Waals surface area contributed by atoms with Crippen LogP contribution in [0.4, 0.5) is 0 Å². The molecule has 5 nitrogen and oxygen atoms in total. The molecule has 0 saturated carbocycles. The minimum atomic E-state index is -0.545. The molecule has 2 rings (SSSR count). The smallest absolute Gasteiger partial charge is 0.251 e. The van der Waals surface area contributed by atoms with Gasteiger partial charge in [0.15, 0.2) is 0 Å². The summed E-state index contributed by atoms with van der Waals surface area (Å²) in [5, 5.41) is 12.0. The van der Waals surface area contributed by atoms with Crippen molar-refractivity contribution < 1.29 is 4.79 Å². The molecule has 0 spiro atoms. The lowest BCUT2D eigenvalue weighted by Crippen LogP contribution is -2.27. The van der Waals surface area contributed by atoms with Crippen LogP contribution < -0.4 is 5.32 Å². The maximum absolute atomic E-state index is 12.0. The molecule has 1 aromatic carbocycles. The molecular weight excluding hydrogens is 264 g/mol. The van der Waals surface area contributed by atoms with Gasteiger partial charge in [-0.3, -0.25) is 4.79 Å². The van der Waals surface area contributed by atoms with E-state index in [0.29, 0.717) is 18.7 Å². The monoisotopic (exact) mass is 282 g/mol. The average Bonchev–Trinajstić information content (AvgIpc) is 3.00. The number of aromatic nitrogens is 2. The summed E-state index contributed by atoms with van der Waals surface area (Å²) in [7, 11) is 0. The normalized spacial score (nSPS) is 10.9. The average molecular weight is 282 g/mol. The summed E-state index contributed by atoms with van der Waals surface area (Å²) < 4.78 is 1.90. The molecule has 108 valence electrons. The number of nitriles is 1. The Hall–Kier alpha value is -2.61. The van der Waals surface area contributed by atoms with E-state index in [1.807, 2.05) is 36.7 Å². The van der Waals surface area contributed by atoms with Crippen LogP contribution in [0.3, 0.4) is 0 Å². The summed E-state index contributed by atoms with van der Waals surface area (Å²) in [5.41, 5.74) is 0.953. The SMILES string of the molecule is CC(C)(C#N)c1ccc(C(=O)NCCn2ccnc2)cc1. The number of rotatable bonds is 5. The van der Waals surface area contributed by atoms with Crippen LogP contribution in [0, 0.1) is 11.3 Å². The first-order valence-corrected chi connectivity index (χ1v) is 6.79. The van der Waals surface area contributed by atoms with E-state index in [2.05, 4.69) is 16.4 Å². The highest BCUT2D eigenvalue weighted by molar-refractivity contribution is 5.94. The van der Waals surface area contributed by atoms with Crippen molar-refractivity contribution in [1.82, 2.24) is 14.9 Å². The van der Waals surface area contributed by atoms with E-state index in [1.165, 1.54) is 0 Å². The fourth-order valence-corrected chi connectivity index (χ4v) is 1.92. The van der Waals surface area contributed by atoms with Gasteiger partial charge in [-0.25, -0.2) is 4.98 Å². The van der Waals surface area contributed by atoms with Crippen LogP contribution in [-0.2, 0) is 12.0 Å². The Kier molecular flexibility index (Phi) is 4.39. The zero-order valence-electron chi connectivity index (χ0n) is 12.2. The highest BCUT2D eigenvalue weighted by Crippen LogP contribution is 2.22. The quantitative estimate of drug-likeness (QED) is 0.913. The van der Waals surface area contributed by atoms with Gasteiger partial charge in [-0.05, 0) is 31.5 Å². The minimum absolute atomic E-state index is 0.114. The lowest BCUT2D eigenvalue weighted by atomic mass is 9.86. The summed E-state index contributed by atoms with van der Waals surface area (Å²) in [6.45, 7) is 4.94. The highest BCUT2D eigenvalue weighted by atomic mass is 16.1. The molecule has 0 aliphatic rings. The Morgan fingerprint density at radius 2 is 2.10 bits per heavy atom. The summed E-state index contributed by atoms with van der Waals surface area (Å²) >= 11 is 0. The number of nitrogens with one attached hydrogen (secondary N) is 1. The third-order valence-corrected chi connectivity index (χ3v) is 3.36. The van der Waals surface area contributed by atoms with E-state index in [-0.39, 0.29) is 5.91 Å². The van der Waals surface area contributed by atoms with Crippen molar-refractivity contribution in [3.8, 4) is 6.07 Å². The second-order valence-electron chi connectivity index (χ2n) is 5.37. The van der Waals surface area contributed by atoms with Crippen LogP contribution in [0.5, 0.6) is 0 Å². The van der Waals surface area contributed by atoms with Crippen LogP contribution in [0.2, 0.25) is 0 Å². The van der Waals surface area contributed by atoms with Crippen molar-refractivity contribution >= 4 is 5.91 Å². The van der Waals surface area contributed by atoms with Gasteiger partial charge >= 0.3 is 0 Å². The van der Waals surface area contributed by atoms with Crippen molar-refractivity contribution in [1.29, 1.82) is 5.26 Å². The summed E-state index contributed by atoms with van der Waals surface area (Å²) in [6.07, 6.45) is 5.27. The van der Waals surface area contributed by atoms with E-state index >= 15 is 0 Å². The third-order valence-electron chi connectivity index (χ3n) is 3.36. The maximum atomic E-state index is 12.0. The van der Waals surface area contributed by atoms with Crippen molar-refractivity contribution in [3.63, 3.8) is 0 Å². The topological polar surface area (TPSA) is 70.7 Å². The molecule has 0 fully saturated rings. The Balaban J connectivity index is 1.92. The van der Waals surface area contributed by atoms with E-state index in [9.17, 15) is 4.79 Å². The largest absolute Gasteiger partial charge is 0.350 e. The molecule has 0 aliphatic carbocycles. The number of hydrogen-bond acceptors (Lipinski definition) is 3. The summed E-state index contributed by atoms with van der Waals surface area (Å²) in [4.78, 5) is 15.9. The fraction of sp³-hybridized carbons (Fsp3) is 0.312. The van der Waals surface area contributed by atoms with Crippen molar-refractivity contribution in [3.05, 3.63) is 54.1 Å². The highest BCUT2D eigenvalue weighted by Gasteiger charge is 2.19. The molecule has 1 amide bonds. The van der Waals surface area contributed by atoms with Gasteiger partial charge in [0, 0.05) is 31.0 Å². The molecule has 0 unspecified atom stereocenters. The molecule has 0 bridgehead atoms. The molecule has 1 heterocycles. The second-order valence-corrected chi connectivity index (χ2v) is 5.37. The molecular formula is C16H18N4O. The maximum Gasteiger partial charge on any atom is 0.251 e. The molecule has 1 aromatic heterocycles. The first-order valence-electron chi connectivity index (χ1n) is 6.79. The number of nitrogens with zero attached hydrogens (tertiary/aromatic N) is 3. The zero-order valence-corrected chi connectivity index (χ0v) is 12.2. The van der Waals surface area contributed by atoms with E-state index in [4.69, 9.17) is 5.26 Å². The number of amides is 1. The van der Waals surface area contributed by atoms with Crippen LogP contribution in [-0.4, -0.2) is 22.0 Å². The van der Waals surface area contributed by atoms with Crippen LogP contribution in [0.25, 0.3) is 0 Å². The predicted molar refractivity (Wildman–Crippen MR) is 79.6 cm³/mol. The first kappa shape index (κ1) is 14.8. The molecule has 0 saturated heterocycles. The summed E-state index contributed by atoms with van der Waals surface area (Å²) in [6, 6.07) is 9.40. The number of benzene rings is 1. The Bertz CT molecular complexity index is 636. The number of carbonyl (C=O) groups is 1. The van der Waals surface area contributed by atoms with Crippen LogP contribution >= 0.6 is 0 Å². The molecule has 2 aromatic rings. The molecule has 21 heavy (non-hydrogen) atoms. The lowest BCUT2D eigenvalue weighted by Gasteiger charge is -2.15. The van der Waals surface area contributed by atoms with Gasteiger partial charge in [-0.1, -0.05) is 12.1 Å². The number of imidazole rings is 1. The van der Waals surface area contributed by atoms with Crippen molar-refractivity contribution in [2.75, 3.05) is 6.54 Å². The van der Waals surface area contributed by atoms with Crippen LogP contribution in [0.1, 0.15) is 29.8 Å². The Labute approximate surface area is 124 Å². The van der Waals surface area contributed by atoms with E-state index in [0.717, 1.165) is 5.56 Å². The first-order chi connectivity index (χ1) is 10.0.